The number of hydrogen-bond donors (Lipinski definition) is 2. The van der Waals surface area contributed by atoms with Gasteiger partial charge in [0.1, 0.15) is 5.82 Å². The van der Waals surface area contributed by atoms with Gasteiger partial charge in [0.25, 0.3) is 0 Å². The maximum atomic E-state index is 13.5. The van der Waals surface area contributed by atoms with E-state index >= 15 is 0 Å². The number of aryl methyl sites for hydroxylation is 1. The molecule has 3 aliphatic rings. The van der Waals surface area contributed by atoms with Crippen molar-refractivity contribution in [2.24, 2.45) is 7.05 Å². The second-order valence-electron chi connectivity index (χ2n) is 15.7. The largest absolute Gasteiger partial charge is 0.361 e. The lowest BCUT2D eigenvalue weighted by Gasteiger charge is -2.09. The average molecular weight is 774 g/mol. The van der Waals surface area contributed by atoms with E-state index in [1.165, 1.54) is 45.1 Å². The van der Waals surface area contributed by atoms with E-state index in [2.05, 4.69) is 76.3 Å². The third kappa shape index (κ3) is 6.30. The zero-order valence-corrected chi connectivity index (χ0v) is 32.4. The van der Waals surface area contributed by atoms with Crippen LogP contribution in [0.1, 0.15) is 101 Å². The van der Waals surface area contributed by atoms with E-state index in [4.69, 9.17) is 0 Å². The van der Waals surface area contributed by atoms with Crippen molar-refractivity contribution < 1.29 is 18.8 Å². The SMILES string of the molecule is Cn1cc(C2CC(=O)c3ccccc32)c2ccccc21.O=C1CC(c2c[nH]c3ccc(F)cc23)c2ccccc21.O=C1CC(c2c[nH]c3ccccc23)c2ccccc21. The fourth-order valence-electron chi connectivity index (χ4n) is 9.65. The van der Waals surface area contributed by atoms with Crippen LogP contribution in [0.4, 0.5) is 4.39 Å². The molecule has 0 bridgehead atoms. The van der Waals surface area contributed by atoms with Crippen molar-refractivity contribution in [1.29, 1.82) is 0 Å². The van der Waals surface area contributed by atoms with E-state index in [9.17, 15) is 18.8 Å². The number of aromatic nitrogens is 3. The molecule has 288 valence electrons. The Morgan fingerprint density at radius 1 is 0.475 bits per heavy atom. The molecule has 3 atom stereocenters. The summed E-state index contributed by atoms with van der Waals surface area (Å²) < 4.78 is 15.6. The van der Waals surface area contributed by atoms with Crippen LogP contribution in [0, 0.1) is 5.82 Å². The Labute approximate surface area is 340 Å². The third-order valence-electron chi connectivity index (χ3n) is 12.4. The molecule has 0 fully saturated rings. The number of hydrogen-bond acceptors (Lipinski definition) is 3. The zero-order valence-electron chi connectivity index (χ0n) is 32.4. The highest BCUT2D eigenvalue weighted by Crippen LogP contribution is 2.43. The van der Waals surface area contributed by atoms with Crippen LogP contribution in [0.2, 0.25) is 0 Å². The quantitative estimate of drug-likeness (QED) is 0.187. The number of Topliss-reactive ketones (excluding diaryl/α,β-unsaturated/α-hetero) is 3. The van der Waals surface area contributed by atoms with Crippen molar-refractivity contribution in [3.05, 3.63) is 214 Å². The van der Waals surface area contributed by atoms with Crippen LogP contribution in [-0.2, 0) is 7.05 Å². The van der Waals surface area contributed by atoms with Gasteiger partial charge in [0.2, 0.25) is 0 Å². The van der Waals surface area contributed by atoms with E-state index in [0.717, 1.165) is 49.8 Å². The minimum absolute atomic E-state index is 0.0225. The molecule has 0 spiro atoms. The number of ketones is 3. The van der Waals surface area contributed by atoms with Gasteiger partial charge < -0.3 is 14.5 Å². The number of H-pyrrole nitrogens is 2. The summed E-state index contributed by atoms with van der Waals surface area (Å²) in [6.45, 7) is 0. The molecule has 12 rings (SSSR count). The number of nitrogens with zero attached hydrogens (tertiary/aromatic N) is 1. The van der Waals surface area contributed by atoms with Crippen LogP contribution in [0.15, 0.2) is 158 Å². The van der Waals surface area contributed by atoms with Crippen LogP contribution < -0.4 is 0 Å². The first-order valence-corrected chi connectivity index (χ1v) is 20.1. The van der Waals surface area contributed by atoms with Crippen molar-refractivity contribution >= 4 is 50.1 Å². The summed E-state index contributed by atoms with van der Waals surface area (Å²) in [7, 11) is 2.06. The maximum Gasteiger partial charge on any atom is 0.164 e. The number of para-hydroxylation sites is 2. The summed E-state index contributed by atoms with van der Waals surface area (Å²) in [4.78, 5) is 42.8. The Bertz CT molecular complexity index is 3110. The van der Waals surface area contributed by atoms with Crippen LogP contribution in [0.3, 0.4) is 0 Å². The van der Waals surface area contributed by atoms with Crippen LogP contribution >= 0.6 is 0 Å². The summed E-state index contributed by atoms with van der Waals surface area (Å²) in [5.74, 6) is 0.843. The van der Waals surface area contributed by atoms with Crippen LogP contribution in [-0.4, -0.2) is 31.9 Å². The number of halogens is 1. The van der Waals surface area contributed by atoms with Gasteiger partial charge in [-0.3, -0.25) is 14.4 Å². The molecular formula is C52H40FN3O3. The molecule has 0 aliphatic heterocycles. The molecule has 0 saturated heterocycles. The van der Waals surface area contributed by atoms with E-state index in [1.807, 2.05) is 85.2 Å². The molecule has 3 aliphatic carbocycles. The predicted molar refractivity (Wildman–Crippen MR) is 231 cm³/mol. The second kappa shape index (κ2) is 14.7. The number of carbonyl (C=O) groups excluding carboxylic acids is 3. The summed E-state index contributed by atoms with van der Waals surface area (Å²) in [6, 6.07) is 45.0. The molecule has 2 N–H and O–H groups in total. The Hall–Kier alpha value is -7.12. The lowest BCUT2D eigenvalue weighted by Crippen LogP contribution is -1.95. The molecule has 3 aromatic heterocycles. The Kier molecular flexibility index (Phi) is 9.01. The highest BCUT2D eigenvalue weighted by Gasteiger charge is 2.34. The van der Waals surface area contributed by atoms with Crippen molar-refractivity contribution in [3.8, 4) is 0 Å². The monoisotopic (exact) mass is 773 g/mol. The number of carbonyl (C=O) groups is 3. The number of fused-ring (bicyclic) bond motifs is 6. The van der Waals surface area contributed by atoms with Crippen molar-refractivity contribution in [2.45, 2.75) is 37.0 Å². The zero-order chi connectivity index (χ0) is 40.2. The van der Waals surface area contributed by atoms with Crippen molar-refractivity contribution in [3.63, 3.8) is 0 Å². The highest BCUT2D eigenvalue weighted by molar-refractivity contribution is 6.04. The van der Waals surface area contributed by atoms with Crippen LogP contribution in [0.25, 0.3) is 32.7 Å². The molecule has 0 amide bonds. The summed E-state index contributed by atoms with van der Waals surface area (Å²) in [5, 5.41) is 3.33. The van der Waals surface area contributed by atoms with Gasteiger partial charge in [-0.2, -0.15) is 0 Å². The number of aromatic amines is 2. The minimum atomic E-state index is -0.254. The van der Waals surface area contributed by atoms with Crippen molar-refractivity contribution in [1.82, 2.24) is 14.5 Å². The topological polar surface area (TPSA) is 87.7 Å². The molecular weight excluding hydrogens is 734 g/mol. The molecule has 6 nitrogen and oxygen atoms in total. The lowest BCUT2D eigenvalue weighted by atomic mass is 9.93. The first-order valence-electron chi connectivity index (χ1n) is 20.1. The molecule has 3 heterocycles. The standard InChI is InChI=1S/C18H15NO.C17H12FNO.C17H13NO/c1-19-11-16(13-7-4-5-9-17(13)19)15-10-18(20)14-8-3-2-6-12(14)15;18-10-5-6-16-14(7-10)15(9-19-16)13-8-17(20)12-4-2-1-3-11(12)13;19-17-9-14(11-5-1-2-7-13(11)17)15-10-18-16-8-4-3-6-12(15)16/h2-9,11,15H,10H2,1H3;1-7,9,13,19H,8H2;1-8,10,14,18H,9H2. The van der Waals surface area contributed by atoms with Gasteiger partial charge in [0, 0.05) is 112 Å². The van der Waals surface area contributed by atoms with Crippen molar-refractivity contribution in [2.75, 3.05) is 0 Å². The maximum absolute atomic E-state index is 13.5. The van der Waals surface area contributed by atoms with E-state index < -0.39 is 0 Å². The van der Waals surface area contributed by atoms with Gasteiger partial charge in [0.15, 0.2) is 17.3 Å². The number of rotatable bonds is 3. The van der Waals surface area contributed by atoms with E-state index in [0.29, 0.717) is 19.3 Å². The molecule has 9 aromatic rings. The Morgan fingerprint density at radius 3 is 1.49 bits per heavy atom. The molecule has 59 heavy (non-hydrogen) atoms. The van der Waals surface area contributed by atoms with Gasteiger partial charge in [-0.15, -0.1) is 0 Å². The number of benzene rings is 6. The first kappa shape index (κ1) is 36.2. The molecule has 6 aromatic carbocycles. The van der Waals surface area contributed by atoms with Gasteiger partial charge >= 0.3 is 0 Å². The minimum Gasteiger partial charge on any atom is -0.361 e. The van der Waals surface area contributed by atoms with Gasteiger partial charge in [0.05, 0.1) is 0 Å². The third-order valence-corrected chi connectivity index (χ3v) is 12.4. The van der Waals surface area contributed by atoms with Gasteiger partial charge in [-0.25, -0.2) is 4.39 Å². The Morgan fingerprint density at radius 2 is 0.915 bits per heavy atom. The normalized spacial score (nSPS) is 17.7. The summed E-state index contributed by atoms with van der Waals surface area (Å²) in [5.41, 5.74) is 12.7. The van der Waals surface area contributed by atoms with E-state index in [-0.39, 0.29) is 40.9 Å². The van der Waals surface area contributed by atoms with Gasteiger partial charge in [-0.05, 0) is 63.7 Å². The van der Waals surface area contributed by atoms with Crippen LogP contribution in [0.5, 0.6) is 0 Å². The Balaban J connectivity index is 0.000000107. The average Bonchev–Trinajstić information content (AvgIpc) is 4.13. The summed E-state index contributed by atoms with van der Waals surface area (Å²) in [6.07, 6.45) is 7.75. The number of nitrogens with one attached hydrogen (secondary N) is 2. The molecule has 7 heteroatoms. The second-order valence-corrected chi connectivity index (χ2v) is 15.7. The molecule has 3 unspecified atom stereocenters. The smallest absolute Gasteiger partial charge is 0.164 e. The van der Waals surface area contributed by atoms with Gasteiger partial charge in [-0.1, -0.05) is 109 Å². The first-order chi connectivity index (χ1) is 28.8. The molecule has 0 saturated carbocycles. The summed E-state index contributed by atoms with van der Waals surface area (Å²) >= 11 is 0. The fourth-order valence-corrected chi connectivity index (χ4v) is 9.65. The lowest BCUT2D eigenvalue weighted by molar-refractivity contribution is 0.0983. The molecule has 0 radical (unpaired) electrons. The highest BCUT2D eigenvalue weighted by atomic mass is 19.1. The predicted octanol–water partition coefficient (Wildman–Crippen LogP) is 11.8. The fraction of sp³-hybridized carbons (Fsp3) is 0.135. The van der Waals surface area contributed by atoms with E-state index in [1.54, 1.807) is 6.07 Å².